The molecule has 3 aromatic rings. The SMILES string of the molecule is N#C/C(=C/c1cc(I)c(OCc2ccc([N+](=O)[O-])cc2)c(I)c1)c1ccc2c(c1)OCO2. The summed E-state index contributed by atoms with van der Waals surface area (Å²) in [5.41, 5.74) is 3.01. The van der Waals surface area contributed by atoms with Gasteiger partial charge in [-0.2, -0.15) is 5.26 Å². The van der Waals surface area contributed by atoms with Crippen LogP contribution in [0.5, 0.6) is 17.2 Å². The molecule has 0 saturated carbocycles. The number of allylic oxidation sites excluding steroid dienone is 1. The van der Waals surface area contributed by atoms with Crippen LogP contribution in [0, 0.1) is 28.6 Å². The molecule has 1 heterocycles. The van der Waals surface area contributed by atoms with Gasteiger partial charge in [0.25, 0.3) is 5.69 Å². The molecule has 9 heteroatoms. The zero-order chi connectivity index (χ0) is 22.7. The first-order valence-electron chi connectivity index (χ1n) is 9.31. The predicted molar refractivity (Wildman–Crippen MR) is 135 cm³/mol. The zero-order valence-electron chi connectivity index (χ0n) is 16.4. The van der Waals surface area contributed by atoms with E-state index in [1.54, 1.807) is 24.3 Å². The Morgan fingerprint density at radius 2 is 1.78 bits per heavy atom. The molecule has 3 aromatic carbocycles. The monoisotopic (exact) mass is 652 g/mol. The average molecular weight is 652 g/mol. The van der Waals surface area contributed by atoms with Gasteiger partial charge in [0.2, 0.25) is 6.79 Å². The molecule has 7 nitrogen and oxygen atoms in total. The first-order valence-corrected chi connectivity index (χ1v) is 11.5. The highest BCUT2D eigenvalue weighted by Gasteiger charge is 2.15. The number of nitriles is 1. The molecule has 0 unspecified atom stereocenters. The van der Waals surface area contributed by atoms with E-state index in [2.05, 4.69) is 51.3 Å². The van der Waals surface area contributed by atoms with Gasteiger partial charge in [-0.15, -0.1) is 0 Å². The maximum atomic E-state index is 10.8. The lowest BCUT2D eigenvalue weighted by Crippen LogP contribution is -2.00. The Hall–Kier alpha value is -2.85. The number of hydrogen-bond acceptors (Lipinski definition) is 6. The molecule has 0 radical (unpaired) electrons. The Morgan fingerprint density at radius 3 is 2.44 bits per heavy atom. The fraction of sp³-hybridized carbons (Fsp3) is 0.0870. The zero-order valence-corrected chi connectivity index (χ0v) is 20.7. The van der Waals surface area contributed by atoms with Crippen molar-refractivity contribution in [3.8, 4) is 23.3 Å². The molecule has 0 saturated heterocycles. The second-order valence-electron chi connectivity index (χ2n) is 6.76. The summed E-state index contributed by atoms with van der Waals surface area (Å²) in [6.07, 6.45) is 1.82. The van der Waals surface area contributed by atoms with Crippen molar-refractivity contribution >= 4 is 62.5 Å². The molecule has 1 aliphatic heterocycles. The Bertz CT molecular complexity index is 1240. The number of nitrogens with zero attached hydrogens (tertiary/aromatic N) is 2. The van der Waals surface area contributed by atoms with Crippen LogP contribution in [-0.2, 0) is 6.61 Å². The standard InChI is InChI=1S/C23H14I2N2O5/c24-19-8-15(7-17(11-26)16-3-6-21-22(10-16)32-13-31-21)9-20(25)23(19)30-12-14-1-4-18(5-2-14)27(28)29/h1-10H,12-13H2/b17-7-. The van der Waals surface area contributed by atoms with Gasteiger partial charge in [0.1, 0.15) is 12.4 Å². The molecule has 0 atom stereocenters. The second-order valence-corrected chi connectivity index (χ2v) is 9.09. The first kappa shape index (κ1) is 22.3. The lowest BCUT2D eigenvalue weighted by molar-refractivity contribution is -0.384. The van der Waals surface area contributed by atoms with Gasteiger partial charge in [0.05, 0.1) is 23.7 Å². The van der Waals surface area contributed by atoms with E-state index in [1.807, 2.05) is 24.3 Å². The van der Waals surface area contributed by atoms with Crippen LogP contribution in [0.4, 0.5) is 5.69 Å². The lowest BCUT2D eigenvalue weighted by atomic mass is 10.0. The van der Waals surface area contributed by atoms with Gasteiger partial charge < -0.3 is 14.2 Å². The quantitative estimate of drug-likeness (QED) is 0.104. The van der Waals surface area contributed by atoms with Gasteiger partial charge in [-0.1, -0.05) is 0 Å². The summed E-state index contributed by atoms with van der Waals surface area (Å²) in [4.78, 5) is 10.4. The third kappa shape index (κ3) is 4.97. The number of benzene rings is 3. The van der Waals surface area contributed by atoms with E-state index in [-0.39, 0.29) is 12.5 Å². The number of ether oxygens (including phenoxy) is 3. The minimum absolute atomic E-state index is 0.0461. The van der Waals surface area contributed by atoms with E-state index in [4.69, 9.17) is 14.2 Å². The van der Waals surface area contributed by atoms with Crippen LogP contribution in [0.2, 0.25) is 0 Å². The minimum Gasteiger partial charge on any atom is -0.487 e. The Labute approximate surface area is 211 Å². The smallest absolute Gasteiger partial charge is 0.269 e. The summed E-state index contributed by atoms with van der Waals surface area (Å²) in [6.45, 7) is 0.474. The van der Waals surface area contributed by atoms with Crippen molar-refractivity contribution < 1.29 is 19.1 Å². The molecular formula is C23H14I2N2O5. The van der Waals surface area contributed by atoms with Gasteiger partial charge in [0.15, 0.2) is 11.5 Å². The number of non-ortho nitro benzene ring substituents is 1. The number of hydrogen-bond donors (Lipinski definition) is 0. The van der Waals surface area contributed by atoms with Crippen LogP contribution in [0.1, 0.15) is 16.7 Å². The molecule has 0 spiro atoms. The molecule has 0 amide bonds. The first-order chi connectivity index (χ1) is 15.4. The highest BCUT2D eigenvalue weighted by molar-refractivity contribution is 14.1. The molecule has 0 aliphatic carbocycles. The lowest BCUT2D eigenvalue weighted by Gasteiger charge is -2.12. The molecule has 0 fully saturated rings. The molecule has 0 aromatic heterocycles. The van der Waals surface area contributed by atoms with Crippen LogP contribution in [-0.4, -0.2) is 11.7 Å². The van der Waals surface area contributed by atoms with Crippen LogP contribution >= 0.6 is 45.2 Å². The van der Waals surface area contributed by atoms with E-state index >= 15 is 0 Å². The maximum absolute atomic E-state index is 10.8. The van der Waals surface area contributed by atoms with Crippen molar-refractivity contribution in [3.63, 3.8) is 0 Å². The Morgan fingerprint density at radius 1 is 1.09 bits per heavy atom. The third-order valence-corrected chi connectivity index (χ3v) is 6.27. The van der Waals surface area contributed by atoms with E-state index < -0.39 is 4.92 Å². The van der Waals surface area contributed by atoms with Crippen molar-refractivity contribution in [2.45, 2.75) is 6.61 Å². The van der Waals surface area contributed by atoms with Crippen molar-refractivity contribution in [2.24, 2.45) is 0 Å². The van der Waals surface area contributed by atoms with Crippen LogP contribution in [0.25, 0.3) is 11.6 Å². The summed E-state index contributed by atoms with van der Waals surface area (Å²) in [6, 6.07) is 17.8. The number of nitro groups is 1. The molecular weight excluding hydrogens is 638 g/mol. The summed E-state index contributed by atoms with van der Waals surface area (Å²) < 4.78 is 18.5. The minimum atomic E-state index is -0.429. The van der Waals surface area contributed by atoms with E-state index in [0.717, 1.165) is 29.6 Å². The molecule has 32 heavy (non-hydrogen) atoms. The molecule has 0 bridgehead atoms. The van der Waals surface area contributed by atoms with Crippen LogP contribution < -0.4 is 14.2 Å². The number of nitro benzene ring substituents is 1. The summed E-state index contributed by atoms with van der Waals surface area (Å²) in [7, 11) is 0. The van der Waals surface area contributed by atoms with Crippen LogP contribution in [0.15, 0.2) is 54.6 Å². The molecule has 0 N–H and O–H groups in total. The fourth-order valence-corrected chi connectivity index (χ4v) is 5.21. The van der Waals surface area contributed by atoms with Crippen molar-refractivity contribution in [1.29, 1.82) is 5.26 Å². The maximum Gasteiger partial charge on any atom is 0.269 e. The Balaban J connectivity index is 1.54. The van der Waals surface area contributed by atoms with Crippen molar-refractivity contribution in [1.82, 2.24) is 0 Å². The highest BCUT2D eigenvalue weighted by atomic mass is 127. The fourth-order valence-electron chi connectivity index (χ4n) is 3.08. The Kier molecular flexibility index (Phi) is 6.80. The molecule has 4 rings (SSSR count). The van der Waals surface area contributed by atoms with Gasteiger partial charge >= 0.3 is 0 Å². The number of rotatable bonds is 6. The topological polar surface area (TPSA) is 94.6 Å². The summed E-state index contributed by atoms with van der Waals surface area (Å²) in [5.74, 6) is 2.02. The van der Waals surface area contributed by atoms with Crippen molar-refractivity contribution in [3.05, 3.63) is 88.5 Å². The van der Waals surface area contributed by atoms with E-state index in [0.29, 0.717) is 23.7 Å². The summed E-state index contributed by atoms with van der Waals surface area (Å²) in [5, 5.41) is 20.5. The van der Waals surface area contributed by atoms with E-state index in [1.165, 1.54) is 12.1 Å². The predicted octanol–water partition coefficient (Wildman–Crippen LogP) is 6.18. The third-order valence-electron chi connectivity index (χ3n) is 4.67. The van der Waals surface area contributed by atoms with Gasteiger partial charge in [-0.05, 0) is 110 Å². The molecule has 1 aliphatic rings. The average Bonchev–Trinajstić information content (AvgIpc) is 3.25. The second kappa shape index (κ2) is 9.74. The van der Waals surface area contributed by atoms with Gasteiger partial charge in [-0.3, -0.25) is 10.1 Å². The van der Waals surface area contributed by atoms with Crippen molar-refractivity contribution in [2.75, 3.05) is 6.79 Å². The van der Waals surface area contributed by atoms with Gasteiger partial charge in [-0.25, -0.2) is 0 Å². The highest BCUT2D eigenvalue weighted by Crippen LogP contribution is 2.35. The molecule has 160 valence electrons. The summed E-state index contributed by atoms with van der Waals surface area (Å²) >= 11 is 4.40. The number of halogens is 2. The number of fused-ring (bicyclic) bond motifs is 1. The van der Waals surface area contributed by atoms with E-state index in [9.17, 15) is 15.4 Å². The largest absolute Gasteiger partial charge is 0.487 e. The van der Waals surface area contributed by atoms with Gasteiger partial charge in [0, 0.05) is 12.1 Å². The normalized spacial score (nSPS) is 12.3. The van der Waals surface area contributed by atoms with Crippen LogP contribution in [0.3, 0.4) is 0 Å².